The van der Waals surface area contributed by atoms with Crippen LogP contribution in [-0.4, -0.2) is 23.9 Å². The van der Waals surface area contributed by atoms with E-state index in [0.717, 1.165) is 9.13 Å². The third kappa shape index (κ3) is 4.84. The van der Waals surface area contributed by atoms with Crippen molar-refractivity contribution in [1.82, 2.24) is 0 Å². The molecule has 1 amide bonds. The van der Waals surface area contributed by atoms with Crippen molar-refractivity contribution in [2.75, 3.05) is 18.6 Å². The summed E-state index contributed by atoms with van der Waals surface area (Å²) in [6.45, 7) is 0.131. The Balaban J connectivity index is 1.95. The molecule has 4 nitrogen and oxygen atoms in total. The zero-order valence-electron chi connectivity index (χ0n) is 14.9. The van der Waals surface area contributed by atoms with Gasteiger partial charge in [0, 0.05) is 5.02 Å². The van der Waals surface area contributed by atoms with Gasteiger partial charge in [-0.1, -0.05) is 53.1 Å². The number of nitrogens with zero attached hydrogens (tertiary/aromatic N) is 1. The number of amides is 1. The van der Waals surface area contributed by atoms with E-state index in [4.69, 9.17) is 51.3 Å². The lowest BCUT2D eigenvalue weighted by atomic mass is 10.1. The van der Waals surface area contributed by atoms with E-state index in [1.165, 1.54) is 16.7 Å². The fourth-order valence-electron chi connectivity index (χ4n) is 2.57. The highest BCUT2D eigenvalue weighted by molar-refractivity contribution is 14.1. The number of thiocarbonyl (C=S) groups is 1. The van der Waals surface area contributed by atoms with Gasteiger partial charge in [0.2, 0.25) is 0 Å². The molecule has 1 aliphatic rings. The standard InChI is InChI=1S/C20H12Cl2INO3S2/c1-3-6-27-18-14(23)7-11(8-16(18)26-2)9-17-19(25)24(20(28)29-17)15-5-4-12(21)10-13(15)22/h1,4-5,7-10H,6H2,2H3/b17-9-. The number of methoxy groups -OCH3 is 1. The van der Waals surface area contributed by atoms with Crippen molar-refractivity contribution in [3.05, 3.63) is 54.4 Å². The van der Waals surface area contributed by atoms with E-state index < -0.39 is 0 Å². The summed E-state index contributed by atoms with van der Waals surface area (Å²) >= 11 is 20.9. The number of ether oxygens (including phenoxy) is 2. The first-order chi connectivity index (χ1) is 13.8. The Kier molecular flexibility index (Phi) is 7.35. The summed E-state index contributed by atoms with van der Waals surface area (Å²) in [7, 11) is 1.54. The van der Waals surface area contributed by atoms with Crippen LogP contribution in [0.3, 0.4) is 0 Å². The van der Waals surface area contributed by atoms with Crippen LogP contribution in [0.4, 0.5) is 5.69 Å². The SMILES string of the molecule is C#CCOc1c(I)cc(/C=C2\SC(=S)N(c3ccc(Cl)cc3Cl)C2=O)cc1OC. The lowest BCUT2D eigenvalue weighted by Crippen LogP contribution is -2.27. The number of terminal acetylenes is 1. The van der Waals surface area contributed by atoms with Crippen molar-refractivity contribution in [3.8, 4) is 23.8 Å². The van der Waals surface area contributed by atoms with E-state index in [1.807, 2.05) is 6.07 Å². The van der Waals surface area contributed by atoms with Gasteiger partial charge in [-0.3, -0.25) is 9.69 Å². The number of halogens is 3. The molecule has 1 saturated heterocycles. The van der Waals surface area contributed by atoms with Gasteiger partial charge in [-0.2, -0.15) is 0 Å². The Morgan fingerprint density at radius 3 is 2.76 bits per heavy atom. The molecule has 3 rings (SSSR count). The van der Waals surface area contributed by atoms with E-state index in [0.29, 0.717) is 36.5 Å². The maximum atomic E-state index is 13.0. The highest BCUT2D eigenvalue weighted by Gasteiger charge is 2.34. The molecule has 29 heavy (non-hydrogen) atoms. The number of rotatable bonds is 5. The average molecular weight is 576 g/mol. The van der Waals surface area contributed by atoms with Gasteiger partial charge >= 0.3 is 0 Å². The Morgan fingerprint density at radius 1 is 1.34 bits per heavy atom. The lowest BCUT2D eigenvalue weighted by Gasteiger charge is -2.16. The van der Waals surface area contributed by atoms with E-state index in [9.17, 15) is 4.79 Å². The number of carbonyl (C=O) groups excluding carboxylic acids is 1. The van der Waals surface area contributed by atoms with Crippen molar-refractivity contribution in [2.45, 2.75) is 0 Å². The summed E-state index contributed by atoms with van der Waals surface area (Å²) in [4.78, 5) is 14.9. The first-order valence-corrected chi connectivity index (χ1v) is 11.1. The van der Waals surface area contributed by atoms with Crippen LogP contribution in [0.5, 0.6) is 11.5 Å². The summed E-state index contributed by atoms with van der Waals surface area (Å²) < 4.78 is 12.2. The molecule has 0 aromatic heterocycles. The number of anilines is 1. The van der Waals surface area contributed by atoms with Crippen molar-refractivity contribution >= 4 is 91.8 Å². The molecule has 1 aliphatic heterocycles. The second kappa shape index (κ2) is 9.58. The number of benzene rings is 2. The number of hydrogen-bond donors (Lipinski definition) is 0. The van der Waals surface area contributed by atoms with Crippen LogP contribution in [0, 0.1) is 15.9 Å². The van der Waals surface area contributed by atoms with Crippen molar-refractivity contribution in [1.29, 1.82) is 0 Å². The van der Waals surface area contributed by atoms with Gasteiger partial charge in [-0.25, -0.2) is 0 Å². The molecular formula is C20H12Cl2INO3S2. The smallest absolute Gasteiger partial charge is 0.270 e. The van der Waals surface area contributed by atoms with E-state index in [1.54, 1.807) is 37.5 Å². The van der Waals surface area contributed by atoms with Crippen molar-refractivity contribution in [3.63, 3.8) is 0 Å². The van der Waals surface area contributed by atoms with E-state index in [2.05, 4.69) is 28.5 Å². The van der Waals surface area contributed by atoms with E-state index in [-0.39, 0.29) is 12.5 Å². The molecule has 0 bridgehead atoms. The monoisotopic (exact) mass is 575 g/mol. The summed E-state index contributed by atoms with van der Waals surface area (Å²) in [6, 6.07) is 8.55. The first-order valence-electron chi connectivity index (χ1n) is 8.02. The van der Waals surface area contributed by atoms with Crippen LogP contribution in [0.25, 0.3) is 6.08 Å². The topological polar surface area (TPSA) is 38.8 Å². The maximum Gasteiger partial charge on any atom is 0.270 e. The normalized spacial score (nSPS) is 15.0. The molecule has 0 unspecified atom stereocenters. The molecule has 0 atom stereocenters. The van der Waals surface area contributed by atoms with Crippen LogP contribution >= 0.6 is 69.8 Å². The zero-order chi connectivity index (χ0) is 21.1. The highest BCUT2D eigenvalue weighted by Crippen LogP contribution is 2.41. The molecule has 0 N–H and O–H groups in total. The first kappa shape index (κ1) is 22.2. The van der Waals surface area contributed by atoms with Crippen LogP contribution in [0.15, 0.2) is 35.2 Å². The molecule has 0 spiro atoms. The van der Waals surface area contributed by atoms with Crippen LogP contribution in [0.1, 0.15) is 5.56 Å². The molecule has 9 heteroatoms. The van der Waals surface area contributed by atoms with Gasteiger partial charge in [0.25, 0.3) is 5.91 Å². The van der Waals surface area contributed by atoms with Gasteiger partial charge in [0.15, 0.2) is 15.8 Å². The van der Waals surface area contributed by atoms with Gasteiger partial charge in [0.05, 0.1) is 26.3 Å². The lowest BCUT2D eigenvalue weighted by molar-refractivity contribution is -0.113. The summed E-state index contributed by atoms with van der Waals surface area (Å²) in [5, 5.41) is 0.829. The minimum Gasteiger partial charge on any atom is -0.493 e. The molecule has 1 fully saturated rings. The Labute approximate surface area is 201 Å². The van der Waals surface area contributed by atoms with Gasteiger partial charge in [0.1, 0.15) is 6.61 Å². The second-order valence-corrected chi connectivity index (χ2v) is 9.32. The second-order valence-electron chi connectivity index (χ2n) is 5.64. The molecule has 0 radical (unpaired) electrons. The fourth-order valence-corrected chi connectivity index (χ4v) is 5.13. The maximum absolute atomic E-state index is 13.0. The molecular weight excluding hydrogens is 564 g/mol. The predicted octanol–water partition coefficient (Wildman–Crippen LogP) is 6.02. The minimum atomic E-state index is -0.258. The van der Waals surface area contributed by atoms with E-state index >= 15 is 0 Å². The summed E-state index contributed by atoms with van der Waals surface area (Å²) in [5.74, 6) is 3.25. The zero-order valence-corrected chi connectivity index (χ0v) is 20.2. The summed E-state index contributed by atoms with van der Waals surface area (Å²) in [6.07, 6.45) is 7.01. The van der Waals surface area contributed by atoms with Gasteiger partial charge in [-0.15, -0.1) is 6.42 Å². The third-order valence-corrected chi connectivity index (χ3v) is 6.43. The van der Waals surface area contributed by atoms with Crippen LogP contribution in [-0.2, 0) is 4.79 Å². The minimum absolute atomic E-state index is 0.131. The quantitative estimate of drug-likeness (QED) is 0.188. The number of thioether (sulfide) groups is 1. The number of carbonyl (C=O) groups is 1. The van der Waals surface area contributed by atoms with Crippen molar-refractivity contribution in [2.24, 2.45) is 0 Å². The molecule has 2 aromatic rings. The molecule has 0 saturated carbocycles. The van der Waals surface area contributed by atoms with Gasteiger partial charge in [-0.05, 0) is 64.6 Å². The Morgan fingerprint density at radius 2 is 2.10 bits per heavy atom. The largest absolute Gasteiger partial charge is 0.493 e. The molecule has 1 heterocycles. The van der Waals surface area contributed by atoms with Crippen molar-refractivity contribution < 1.29 is 14.3 Å². The fraction of sp³-hybridized carbons (Fsp3) is 0.100. The highest BCUT2D eigenvalue weighted by atomic mass is 127. The summed E-state index contributed by atoms with van der Waals surface area (Å²) in [5.41, 5.74) is 1.26. The Bertz CT molecular complexity index is 1080. The Hall–Kier alpha value is -1.44. The molecule has 148 valence electrons. The molecule has 2 aromatic carbocycles. The molecule has 0 aliphatic carbocycles. The third-order valence-electron chi connectivity index (χ3n) is 3.79. The average Bonchev–Trinajstić information content (AvgIpc) is 2.94. The number of hydrogen-bond acceptors (Lipinski definition) is 5. The van der Waals surface area contributed by atoms with Gasteiger partial charge < -0.3 is 9.47 Å². The predicted molar refractivity (Wildman–Crippen MR) is 132 cm³/mol. The van der Waals surface area contributed by atoms with Crippen LogP contribution in [0.2, 0.25) is 10.0 Å². The van der Waals surface area contributed by atoms with Crippen LogP contribution < -0.4 is 14.4 Å².